The maximum atomic E-state index is 10.7. The summed E-state index contributed by atoms with van der Waals surface area (Å²) < 4.78 is 4.53. The highest BCUT2D eigenvalue weighted by Gasteiger charge is 2.25. The molecule has 64 valence electrons. The van der Waals surface area contributed by atoms with Crippen molar-refractivity contribution in [2.45, 2.75) is 6.92 Å². The van der Waals surface area contributed by atoms with Gasteiger partial charge >= 0.3 is 11.9 Å². The molecule has 0 aromatic heterocycles. The van der Waals surface area contributed by atoms with Gasteiger partial charge in [0.25, 0.3) is 0 Å². The largest absolute Gasteiger partial charge is 0.478 e. The first-order valence-electron chi connectivity index (χ1n) is 3.06. The molecule has 0 bridgehead atoms. The molecule has 1 aliphatic rings. The van der Waals surface area contributed by atoms with Gasteiger partial charge in [0.2, 0.25) is 0 Å². The molecule has 0 radical (unpaired) electrons. The summed E-state index contributed by atoms with van der Waals surface area (Å²) in [5, 5.41) is 8.26. The first kappa shape index (κ1) is 8.80. The number of carboxylic acids is 1. The second-order valence-electron chi connectivity index (χ2n) is 2.18. The lowest BCUT2D eigenvalue weighted by molar-refractivity contribution is -0.133. The molecule has 4 nitrogen and oxygen atoms in total. The van der Waals surface area contributed by atoms with Crippen LogP contribution in [0.5, 0.6) is 0 Å². The summed E-state index contributed by atoms with van der Waals surface area (Å²) in [6, 6.07) is 0. The first-order valence-corrected chi connectivity index (χ1v) is 3.43. The van der Waals surface area contributed by atoms with Crippen molar-refractivity contribution < 1.29 is 19.4 Å². The number of carbonyl (C=O) groups is 2. The van der Waals surface area contributed by atoms with Crippen LogP contribution in [-0.4, -0.2) is 17.0 Å². The molecule has 5 heteroatoms. The fraction of sp³-hybridized carbons (Fsp3) is 0.143. The minimum Gasteiger partial charge on any atom is -0.478 e. The Bertz CT molecular complexity index is 313. The molecule has 0 saturated carbocycles. The Morgan fingerprint density at radius 2 is 2.25 bits per heavy atom. The van der Waals surface area contributed by atoms with Crippen LogP contribution < -0.4 is 0 Å². The zero-order valence-electron chi connectivity index (χ0n) is 6.13. The molecule has 0 saturated heterocycles. The number of hydrogen-bond donors (Lipinski definition) is 1. The van der Waals surface area contributed by atoms with E-state index in [0.29, 0.717) is 5.57 Å². The van der Waals surface area contributed by atoms with E-state index in [4.69, 9.17) is 16.7 Å². The first-order chi connectivity index (χ1) is 5.52. The summed E-state index contributed by atoms with van der Waals surface area (Å²) in [7, 11) is 0. The van der Waals surface area contributed by atoms with Gasteiger partial charge in [0.1, 0.15) is 10.8 Å². The molecule has 1 rings (SSSR count). The molecular weight excluding hydrogens is 184 g/mol. The van der Waals surface area contributed by atoms with Gasteiger partial charge in [-0.25, -0.2) is 9.59 Å². The van der Waals surface area contributed by atoms with E-state index in [2.05, 4.69) is 4.74 Å². The van der Waals surface area contributed by atoms with Crippen molar-refractivity contribution in [2.75, 3.05) is 0 Å². The minimum absolute atomic E-state index is 0.00231. The van der Waals surface area contributed by atoms with E-state index in [-0.39, 0.29) is 10.8 Å². The molecular formula is C7H5ClO4. The maximum Gasteiger partial charge on any atom is 0.355 e. The van der Waals surface area contributed by atoms with Crippen LogP contribution in [0.3, 0.4) is 0 Å². The Balaban J connectivity index is 3.02. The molecule has 0 atom stereocenters. The van der Waals surface area contributed by atoms with Gasteiger partial charge in [-0.05, 0) is 6.92 Å². The molecule has 0 aliphatic carbocycles. The summed E-state index contributed by atoms with van der Waals surface area (Å²) in [5.41, 5.74) is 0.351. The molecule has 12 heavy (non-hydrogen) atoms. The minimum atomic E-state index is -1.18. The van der Waals surface area contributed by atoms with Gasteiger partial charge in [0.05, 0.1) is 6.08 Å². The van der Waals surface area contributed by atoms with E-state index in [1.165, 1.54) is 6.92 Å². The summed E-state index contributed by atoms with van der Waals surface area (Å²) >= 11 is 5.46. The Morgan fingerprint density at radius 1 is 1.67 bits per heavy atom. The van der Waals surface area contributed by atoms with Crippen molar-refractivity contribution in [1.82, 2.24) is 0 Å². The number of carboxylic acid groups (broad SMARTS) is 1. The van der Waals surface area contributed by atoms with E-state index in [1.54, 1.807) is 0 Å². The number of esters is 1. The third-order valence-electron chi connectivity index (χ3n) is 1.34. The fourth-order valence-corrected chi connectivity index (χ4v) is 0.864. The molecule has 0 unspecified atom stereocenters. The third-order valence-corrected chi connectivity index (χ3v) is 1.77. The number of cyclic esters (lactones) is 1. The van der Waals surface area contributed by atoms with Gasteiger partial charge in [-0.15, -0.1) is 0 Å². The van der Waals surface area contributed by atoms with E-state index in [0.717, 1.165) is 6.08 Å². The number of aliphatic carboxylic acids is 1. The number of hydrogen-bond acceptors (Lipinski definition) is 3. The highest BCUT2D eigenvalue weighted by Crippen LogP contribution is 2.27. The predicted molar refractivity (Wildman–Crippen MR) is 40.4 cm³/mol. The topological polar surface area (TPSA) is 63.6 Å². The zero-order chi connectivity index (χ0) is 9.30. The van der Waals surface area contributed by atoms with Gasteiger partial charge in [0, 0.05) is 5.57 Å². The Morgan fingerprint density at radius 3 is 2.58 bits per heavy atom. The molecule has 0 amide bonds. The molecule has 1 aliphatic heterocycles. The van der Waals surface area contributed by atoms with Gasteiger partial charge in [-0.2, -0.15) is 0 Å². The highest BCUT2D eigenvalue weighted by molar-refractivity contribution is 6.42. The van der Waals surface area contributed by atoms with Crippen molar-refractivity contribution in [2.24, 2.45) is 0 Å². The van der Waals surface area contributed by atoms with Crippen molar-refractivity contribution >= 4 is 23.5 Å². The Kier molecular flexibility index (Phi) is 2.19. The number of ether oxygens (including phenoxy) is 1. The molecule has 1 heterocycles. The molecule has 0 aromatic carbocycles. The predicted octanol–water partition coefficient (Wildman–Crippen LogP) is 1.02. The molecule has 0 fully saturated rings. The van der Waals surface area contributed by atoms with E-state index < -0.39 is 11.9 Å². The normalized spacial score (nSPS) is 20.2. The van der Waals surface area contributed by atoms with Crippen LogP contribution >= 0.6 is 11.6 Å². The van der Waals surface area contributed by atoms with Crippen LogP contribution in [0.15, 0.2) is 22.4 Å². The number of halogens is 1. The molecule has 1 N–H and O–H groups in total. The van der Waals surface area contributed by atoms with Gasteiger partial charge in [-0.3, -0.25) is 0 Å². The standard InChI is InChI=1S/C7H5ClO4/c1-3-4(2-5(9)10)12-7(11)6(3)8/h2H,1H3,(H,9,10)/b4-2-. The average Bonchev–Trinajstić information content (AvgIpc) is 2.17. The van der Waals surface area contributed by atoms with Crippen LogP contribution in [0.1, 0.15) is 6.92 Å². The maximum absolute atomic E-state index is 10.7. The second kappa shape index (κ2) is 2.98. The summed E-state index contributed by atoms with van der Waals surface area (Å²) in [6.45, 7) is 1.52. The Labute approximate surface area is 73.1 Å². The van der Waals surface area contributed by atoms with Crippen LogP contribution in [0.25, 0.3) is 0 Å². The van der Waals surface area contributed by atoms with Crippen molar-refractivity contribution in [3.8, 4) is 0 Å². The lowest BCUT2D eigenvalue weighted by Crippen LogP contribution is -1.96. The van der Waals surface area contributed by atoms with E-state index >= 15 is 0 Å². The van der Waals surface area contributed by atoms with E-state index in [1.807, 2.05) is 0 Å². The fourth-order valence-electron chi connectivity index (χ4n) is 0.732. The van der Waals surface area contributed by atoms with Crippen LogP contribution in [0.4, 0.5) is 0 Å². The third kappa shape index (κ3) is 1.48. The van der Waals surface area contributed by atoms with Gasteiger partial charge in [-0.1, -0.05) is 11.6 Å². The van der Waals surface area contributed by atoms with Crippen LogP contribution in [0, 0.1) is 0 Å². The molecule has 0 aromatic rings. The Hall–Kier alpha value is -1.29. The van der Waals surface area contributed by atoms with Crippen molar-refractivity contribution in [3.63, 3.8) is 0 Å². The zero-order valence-corrected chi connectivity index (χ0v) is 6.88. The summed E-state index contributed by atoms with van der Waals surface area (Å²) in [4.78, 5) is 20.9. The van der Waals surface area contributed by atoms with E-state index in [9.17, 15) is 9.59 Å². The number of carbonyl (C=O) groups excluding carboxylic acids is 1. The highest BCUT2D eigenvalue weighted by atomic mass is 35.5. The second-order valence-corrected chi connectivity index (χ2v) is 2.55. The smallest absolute Gasteiger partial charge is 0.355 e. The van der Waals surface area contributed by atoms with Crippen molar-refractivity contribution in [1.29, 1.82) is 0 Å². The average molecular weight is 189 g/mol. The molecule has 0 spiro atoms. The van der Waals surface area contributed by atoms with Crippen LogP contribution in [0.2, 0.25) is 0 Å². The summed E-state index contributed by atoms with van der Waals surface area (Å²) in [6.07, 6.45) is 0.794. The van der Waals surface area contributed by atoms with Gasteiger partial charge in [0.15, 0.2) is 0 Å². The quantitative estimate of drug-likeness (QED) is 0.493. The lowest BCUT2D eigenvalue weighted by atomic mass is 10.2. The SMILES string of the molecule is CC1=C(Cl)C(=O)O/C1=C\C(=O)O. The number of allylic oxidation sites excluding steroid dienone is 1. The lowest BCUT2D eigenvalue weighted by Gasteiger charge is -1.94. The summed E-state index contributed by atoms with van der Waals surface area (Å²) in [5.74, 6) is -1.89. The van der Waals surface area contributed by atoms with Crippen molar-refractivity contribution in [3.05, 3.63) is 22.4 Å². The van der Waals surface area contributed by atoms with Gasteiger partial charge < -0.3 is 9.84 Å². The van der Waals surface area contributed by atoms with Crippen LogP contribution in [-0.2, 0) is 14.3 Å². The monoisotopic (exact) mass is 188 g/mol. The number of rotatable bonds is 1.